The summed E-state index contributed by atoms with van der Waals surface area (Å²) in [5.41, 5.74) is 9.93. The summed E-state index contributed by atoms with van der Waals surface area (Å²) in [6, 6.07) is 71.8. The summed E-state index contributed by atoms with van der Waals surface area (Å²) in [5.74, 6) is 2.35. The number of aromatic nitrogens is 4. The molecule has 0 saturated carbocycles. The van der Waals surface area contributed by atoms with Crippen LogP contribution in [0.1, 0.15) is 0 Å². The Morgan fingerprint density at radius 1 is 0.246 bits per heavy atom. The summed E-state index contributed by atoms with van der Waals surface area (Å²) >= 11 is 0. The highest BCUT2D eigenvalue weighted by Crippen LogP contribution is 2.46. The Kier molecular flexibility index (Phi) is 8.10. The van der Waals surface area contributed by atoms with Crippen molar-refractivity contribution < 1.29 is 4.42 Å². The Hall–Kier alpha value is -8.28. The van der Waals surface area contributed by atoms with Crippen molar-refractivity contribution in [2.24, 2.45) is 0 Å². The number of hydrogen-bond acceptors (Lipinski definition) is 5. The summed E-state index contributed by atoms with van der Waals surface area (Å²) in [7, 11) is 0. The van der Waals surface area contributed by atoms with Crippen molar-refractivity contribution in [3.8, 4) is 67.9 Å². The van der Waals surface area contributed by atoms with E-state index < -0.39 is 0 Å². The Bertz CT molecular complexity index is 3310. The number of oxazole rings is 1. The van der Waals surface area contributed by atoms with Gasteiger partial charge in [-0.2, -0.15) is 0 Å². The number of benzene rings is 10. The van der Waals surface area contributed by atoms with Crippen LogP contribution < -0.4 is 0 Å². The molecule has 10 aromatic carbocycles. The van der Waals surface area contributed by atoms with Crippen LogP contribution >= 0.6 is 0 Å². The number of para-hydroxylation sites is 2. The normalized spacial score (nSPS) is 11.6. The fourth-order valence-corrected chi connectivity index (χ4v) is 9.06. The minimum Gasteiger partial charge on any atom is -0.436 e. The molecule has 0 atom stereocenters. The molecule has 284 valence electrons. The van der Waals surface area contributed by atoms with E-state index in [0.717, 1.165) is 87.6 Å². The molecular formula is C56H34N4O. The van der Waals surface area contributed by atoms with E-state index in [1.807, 2.05) is 36.4 Å². The molecule has 0 unspecified atom stereocenters. The molecule has 0 aliphatic carbocycles. The number of hydrogen-bond donors (Lipinski definition) is 0. The molecule has 0 bridgehead atoms. The highest BCUT2D eigenvalue weighted by Gasteiger charge is 2.23. The average Bonchev–Trinajstić information content (AvgIpc) is 3.77. The van der Waals surface area contributed by atoms with Crippen LogP contribution in [0.25, 0.3) is 122 Å². The summed E-state index contributed by atoms with van der Waals surface area (Å²) in [6.07, 6.45) is 0. The number of nitrogens with zero attached hydrogens (tertiary/aromatic N) is 4. The highest BCUT2D eigenvalue weighted by atomic mass is 16.3. The van der Waals surface area contributed by atoms with E-state index in [4.69, 9.17) is 24.4 Å². The van der Waals surface area contributed by atoms with Gasteiger partial charge in [0.25, 0.3) is 0 Å². The Morgan fingerprint density at radius 2 is 0.590 bits per heavy atom. The van der Waals surface area contributed by atoms with Crippen LogP contribution in [-0.2, 0) is 0 Å². The SMILES string of the molecule is c1ccc(-c2c3ccccc3c(-c3nc(-c4ccc(-c5nc6ccccc6o5)cc4)nc(-c4c5ccccc5c(-c5ccccc5)c5ccccc45)n3)c3ccccc23)cc1. The van der Waals surface area contributed by atoms with Crippen molar-refractivity contribution in [2.75, 3.05) is 0 Å². The van der Waals surface area contributed by atoms with Crippen LogP contribution in [0.3, 0.4) is 0 Å². The molecule has 0 aliphatic rings. The van der Waals surface area contributed by atoms with E-state index >= 15 is 0 Å². The fourth-order valence-electron chi connectivity index (χ4n) is 9.06. The molecule has 61 heavy (non-hydrogen) atoms. The molecule has 5 heteroatoms. The van der Waals surface area contributed by atoms with Crippen molar-refractivity contribution in [3.63, 3.8) is 0 Å². The first-order valence-corrected chi connectivity index (χ1v) is 20.5. The lowest BCUT2D eigenvalue weighted by Crippen LogP contribution is -2.03. The van der Waals surface area contributed by atoms with Crippen LogP contribution in [0.15, 0.2) is 211 Å². The van der Waals surface area contributed by atoms with E-state index in [1.165, 1.54) is 11.1 Å². The minimum absolute atomic E-state index is 0.567. The lowest BCUT2D eigenvalue weighted by molar-refractivity contribution is 0.620. The molecule has 0 aliphatic heterocycles. The molecule has 5 nitrogen and oxygen atoms in total. The Balaban J connectivity index is 1.16. The Labute approximate surface area is 351 Å². The quantitative estimate of drug-likeness (QED) is 0.157. The maximum atomic E-state index is 6.15. The van der Waals surface area contributed by atoms with Gasteiger partial charge in [-0.05, 0) is 89.6 Å². The van der Waals surface area contributed by atoms with Crippen LogP contribution in [0.2, 0.25) is 0 Å². The highest BCUT2D eigenvalue weighted by molar-refractivity contribution is 6.22. The molecular weight excluding hydrogens is 745 g/mol. The lowest BCUT2D eigenvalue weighted by Gasteiger charge is -2.19. The summed E-state index contributed by atoms with van der Waals surface area (Å²) in [5, 5.41) is 8.83. The van der Waals surface area contributed by atoms with E-state index in [1.54, 1.807) is 0 Å². The minimum atomic E-state index is 0.567. The first-order valence-electron chi connectivity index (χ1n) is 20.5. The van der Waals surface area contributed by atoms with E-state index in [0.29, 0.717) is 23.4 Å². The zero-order chi connectivity index (χ0) is 40.3. The topological polar surface area (TPSA) is 64.7 Å². The third-order valence-corrected chi connectivity index (χ3v) is 11.8. The first kappa shape index (κ1) is 34.7. The molecule has 0 amide bonds. The predicted molar refractivity (Wildman–Crippen MR) is 250 cm³/mol. The zero-order valence-electron chi connectivity index (χ0n) is 32.8. The third kappa shape index (κ3) is 5.78. The van der Waals surface area contributed by atoms with Crippen molar-refractivity contribution in [3.05, 3.63) is 206 Å². The second kappa shape index (κ2) is 14.2. The maximum absolute atomic E-state index is 6.15. The molecule has 2 heterocycles. The lowest BCUT2D eigenvalue weighted by atomic mass is 9.87. The number of fused-ring (bicyclic) bond motifs is 5. The second-order valence-corrected chi connectivity index (χ2v) is 15.3. The molecule has 12 rings (SSSR count). The van der Waals surface area contributed by atoms with E-state index in [-0.39, 0.29) is 0 Å². The van der Waals surface area contributed by atoms with Crippen LogP contribution in [0.4, 0.5) is 0 Å². The first-order chi connectivity index (χ1) is 30.3. The van der Waals surface area contributed by atoms with Crippen molar-refractivity contribution in [2.45, 2.75) is 0 Å². The summed E-state index contributed by atoms with van der Waals surface area (Å²) < 4.78 is 6.15. The monoisotopic (exact) mass is 778 g/mol. The van der Waals surface area contributed by atoms with Crippen LogP contribution in [0, 0.1) is 0 Å². The van der Waals surface area contributed by atoms with Gasteiger partial charge in [-0.3, -0.25) is 0 Å². The van der Waals surface area contributed by atoms with Gasteiger partial charge in [-0.1, -0.05) is 182 Å². The van der Waals surface area contributed by atoms with Gasteiger partial charge >= 0.3 is 0 Å². The van der Waals surface area contributed by atoms with Crippen molar-refractivity contribution in [1.29, 1.82) is 0 Å². The maximum Gasteiger partial charge on any atom is 0.227 e. The standard InChI is InChI=1S/C56H34N4O/c1-3-17-35(18-4-1)49-39-21-7-11-25-43(39)51(44-26-12-8-22-40(44)49)54-58-53(37-31-33-38(34-32-37)56-57-47-29-15-16-30-48(47)61-56)59-55(60-54)52-45-27-13-9-23-41(45)50(36-19-5-2-6-20-36)42-24-10-14-28-46(42)52/h1-34H. The van der Waals surface area contributed by atoms with Crippen LogP contribution in [-0.4, -0.2) is 19.9 Å². The summed E-state index contributed by atoms with van der Waals surface area (Å²) in [6.45, 7) is 0. The van der Waals surface area contributed by atoms with Gasteiger partial charge in [0.1, 0.15) is 5.52 Å². The van der Waals surface area contributed by atoms with Gasteiger partial charge in [0.2, 0.25) is 5.89 Å². The van der Waals surface area contributed by atoms with Gasteiger partial charge in [0.05, 0.1) is 0 Å². The number of rotatable bonds is 6. The predicted octanol–water partition coefficient (Wildman–Crippen LogP) is 14.6. The molecule has 0 spiro atoms. The second-order valence-electron chi connectivity index (χ2n) is 15.3. The molecule has 2 aromatic heterocycles. The van der Waals surface area contributed by atoms with Crippen molar-refractivity contribution in [1.82, 2.24) is 19.9 Å². The fraction of sp³-hybridized carbons (Fsp3) is 0. The molecule has 0 fully saturated rings. The molecule has 0 radical (unpaired) electrons. The van der Waals surface area contributed by atoms with Gasteiger partial charge in [-0.25, -0.2) is 19.9 Å². The van der Waals surface area contributed by atoms with Crippen molar-refractivity contribution >= 4 is 54.2 Å². The Morgan fingerprint density at radius 3 is 1.02 bits per heavy atom. The average molecular weight is 779 g/mol. The van der Waals surface area contributed by atoms with Gasteiger partial charge in [-0.15, -0.1) is 0 Å². The van der Waals surface area contributed by atoms with Gasteiger partial charge < -0.3 is 4.42 Å². The summed E-state index contributed by atoms with van der Waals surface area (Å²) in [4.78, 5) is 21.1. The largest absolute Gasteiger partial charge is 0.436 e. The molecule has 12 aromatic rings. The smallest absolute Gasteiger partial charge is 0.227 e. The zero-order valence-corrected chi connectivity index (χ0v) is 32.8. The van der Waals surface area contributed by atoms with Gasteiger partial charge in [0, 0.05) is 22.3 Å². The molecule has 0 N–H and O–H groups in total. The van der Waals surface area contributed by atoms with E-state index in [9.17, 15) is 0 Å². The molecule has 0 saturated heterocycles. The van der Waals surface area contributed by atoms with E-state index in [2.05, 4.69) is 170 Å². The van der Waals surface area contributed by atoms with Gasteiger partial charge in [0.15, 0.2) is 23.1 Å². The third-order valence-electron chi connectivity index (χ3n) is 11.8. The van der Waals surface area contributed by atoms with Crippen LogP contribution in [0.5, 0.6) is 0 Å².